The Kier molecular flexibility index (Phi) is 4.48. The minimum atomic E-state index is -0.867. The molecule has 1 saturated heterocycles. The van der Waals surface area contributed by atoms with Crippen LogP contribution in [0.3, 0.4) is 0 Å². The van der Waals surface area contributed by atoms with Gasteiger partial charge in [-0.1, -0.05) is 12.1 Å². The Morgan fingerprint density at radius 2 is 2.09 bits per heavy atom. The molecule has 1 aliphatic heterocycles. The summed E-state index contributed by atoms with van der Waals surface area (Å²) in [4.78, 5) is 13.4. The highest BCUT2D eigenvalue weighted by Gasteiger charge is 2.22. The summed E-state index contributed by atoms with van der Waals surface area (Å²) >= 11 is 0. The second kappa shape index (κ2) is 6.54. The first kappa shape index (κ1) is 15.7. The van der Waals surface area contributed by atoms with E-state index in [0.717, 1.165) is 26.1 Å². The summed E-state index contributed by atoms with van der Waals surface area (Å²) in [5.74, 6) is -0.391. The van der Waals surface area contributed by atoms with E-state index in [2.05, 4.69) is 16.9 Å². The number of hydrogen-bond acceptors (Lipinski definition) is 3. The molecule has 1 aliphatic rings. The second-order valence-corrected chi connectivity index (χ2v) is 6.38. The van der Waals surface area contributed by atoms with Crippen LogP contribution in [0.2, 0.25) is 0 Å². The van der Waals surface area contributed by atoms with Crippen LogP contribution in [-0.2, 0) is 13.6 Å². The Labute approximate surface area is 136 Å². The summed E-state index contributed by atoms with van der Waals surface area (Å²) in [6, 6.07) is 7.35. The summed E-state index contributed by atoms with van der Waals surface area (Å²) < 4.78 is 1.92. The lowest BCUT2D eigenvalue weighted by Crippen LogP contribution is -2.34. The molecule has 0 saturated carbocycles. The maximum Gasteiger partial charge on any atom is 0.335 e. The lowest BCUT2D eigenvalue weighted by atomic mass is 9.90. The summed E-state index contributed by atoms with van der Waals surface area (Å²) in [7, 11) is 1.97. The van der Waals surface area contributed by atoms with Crippen LogP contribution >= 0.6 is 0 Å². The standard InChI is InChI=1S/C18H23N3O2/c1-13-17(10-19-20(13)2)12-21-9-3-4-16(11-21)14-5-7-15(8-6-14)18(22)23/h5-8,10,16H,3-4,9,11-12H2,1-2H3,(H,22,23). The topological polar surface area (TPSA) is 58.4 Å². The molecule has 1 N–H and O–H groups in total. The van der Waals surface area contributed by atoms with Crippen molar-refractivity contribution in [1.82, 2.24) is 14.7 Å². The van der Waals surface area contributed by atoms with Crippen molar-refractivity contribution in [2.75, 3.05) is 13.1 Å². The molecule has 2 aromatic rings. The van der Waals surface area contributed by atoms with E-state index in [-0.39, 0.29) is 0 Å². The number of aromatic nitrogens is 2. The zero-order valence-electron chi connectivity index (χ0n) is 13.7. The molecule has 23 heavy (non-hydrogen) atoms. The largest absolute Gasteiger partial charge is 0.478 e. The zero-order valence-corrected chi connectivity index (χ0v) is 13.7. The molecule has 2 heterocycles. The van der Waals surface area contributed by atoms with Gasteiger partial charge in [0.05, 0.1) is 11.8 Å². The number of carboxylic acids is 1. The number of carboxylic acid groups (broad SMARTS) is 1. The SMILES string of the molecule is Cc1c(CN2CCCC(c3ccc(C(=O)O)cc3)C2)cnn1C. The number of carbonyl (C=O) groups is 1. The number of aryl methyl sites for hydroxylation is 1. The van der Waals surface area contributed by atoms with Gasteiger partial charge in [0.2, 0.25) is 0 Å². The van der Waals surface area contributed by atoms with Crippen LogP contribution < -0.4 is 0 Å². The predicted molar refractivity (Wildman–Crippen MR) is 88.6 cm³/mol. The van der Waals surface area contributed by atoms with E-state index < -0.39 is 5.97 Å². The van der Waals surface area contributed by atoms with Crippen LogP contribution in [0.5, 0.6) is 0 Å². The molecular formula is C18H23N3O2. The third-order valence-corrected chi connectivity index (χ3v) is 4.87. The molecule has 1 atom stereocenters. The van der Waals surface area contributed by atoms with Crippen molar-refractivity contribution in [1.29, 1.82) is 0 Å². The summed E-state index contributed by atoms with van der Waals surface area (Å²) in [5.41, 5.74) is 4.10. The molecule has 122 valence electrons. The molecule has 1 aromatic heterocycles. The average Bonchev–Trinajstić information content (AvgIpc) is 2.87. The van der Waals surface area contributed by atoms with Crippen molar-refractivity contribution in [2.45, 2.75) is 32.2 Å². The van der Waals surface area contributed by atoms with Gasteiger partial charge in [-0.15, -0.1) is 0 Å². The average molecular weight is 313 g/mol. The maximum absolute atomic E-state index is 11.0. The highest BCUT2D eigenvalue weighted by molar-refractivity contribution is 5.87. The molecule has 0 spiro atoms. The van der Waals surface area contributed by atoms with Gasteiger partial charge in [-0.2, -0.15) is 5.10 Å². The second-order valence-electron chi connectivity index (χ2n) is 6.38. The Morgan fingerprint density at radius 3 is 2.70 bits per heavy atom. The molecule has 3 rings (SSSR count). The summed E-state index contributed by atoms with van der Waals surface area (Å²) in [6.45, 7) is 5.16. The highest BCUT2D eigenvalue weighted by atomic mass is 16.4. The van der Waals surface area contributed by atoms with Crippen molar-refractivity contribution in [2.24, 2.45) is 7.05 Å². The zero-order chi connectivity index (χ0) is 16.4. The Balaban J connectivity index is 1.68. The van der Waals surface area contributed by atoms with Crippen molar-refractivity contribution < 1.29 is 9.90 Å². The van der Waals surface area contributed by atoms with Gasteiger partial charge >= 0.3 is 5.97 Å². The van der Waals surface area contributed by atoms with E-state index in [1.807, 2.05) is 30.1 Å². The van der Waals surface area contributed by atoms with Gasteiger partial charge in [0.15, 0.2) is 0 Å². The van der Waals surface area contributed by atoms with Gasteiger partial charge in [0.25, 0.3) is 0 Å². The molecule has 1 unspecified atom stereocenters. The van der Waals surface area contributed by atoms with Gasteiger partial charge < -0.3 is 5.11 Å². The normalized spacial score (nSPS) is 19.0. The molecule has 0 bridgehead atoms. The van der Waals surface area contributed by atoms with E-state index in [1.54, 1.807) is 12.1 Å². The fourth-order valence-electron chi connectivity index (χ4n) is 3.31. The third-order valence-electron chi connectivity index (χ3n) is 4.87. The van der Waals surface area contributed by atoms with Crippen molar-refractivity contribution in [3.63, 3.8) is 0 Å². The van der Waals surface area contributed by atoms with Gasteiger partial charge in [-0.3, -0.25) is 9.58 Å². The minimum absolute atomic E-state index is 0.354. The number of benzene rings is 1. The monoisotopic (exact) mass is 313 g/mol. The van der Waals surface area contributed by atoms with Crippen LogP contribution in [0.25, 0.3) is 0 Å². The van der Waals surface area contributed by atoms with Crippen LogP contribution in [-0.4, -0.2) is 38.8 Å². The van der Waals surface area contributed by atoms with E-state index in [4.69, 9.17) is 5.11 Å². The first-order valence-electron chi connectivity index (χ1n) is 8.07. The van der Waals surface area contributed by atoms with Gasteiger partial charge in [-0.05, 0) is 49.9 Å². The minimum Gasteiger partial charge on any atom is -0.478 e. The fourth-order valence-corrected chi connectivity index (χ4v) is 3.31. The van der Waals surface area contributed by atoms with Crippen LogP contribution in [0, 0.1) is 6.92 Å². The maximum atomic E-state index is 11.0. The highest BCUT2D eigenvalue weighted by Crippen LogP contribution is 2.28. The first-order chi connectivity index (χ1) is 11.0. The van der Waals surface area contributed by atoms with E-state index in [0.29, 0.717) is 11.5 Å². The lowest BCUT2D eigenvalue weighted by molar-refractivity contribution is 0.0697. The quantitative estimate of drug-likeness (QED) is 0.943. The number of hydrogen-bond donors (Lipinski definition) is 1. The first-order valence-corrected chi connectivity index (χ1v) is 8.07. The van der Waals surface area contributed by atoms with Gasteiger partial charge in [-0.25, -0.2) is 4.79 Å². The Hall–Kier alpha value is -2.14. The lowest BCUT2D eigenvalue weighted by Gasteiger charge is -2.33. The number of piperidine rings is 1. The van der Waals surface area contributed by atoms with Crippen LogP contribution in [0.1, 0.15) is 45.9 Å². The van der Waals surface area contributed by atoms with Crippen molar-refractivity contribution in [3.05, 3.63) is 52.8 Å². The van der Waals surface area contributed by atoms with E-state index in [9.17, 15) is 4.79 Å². The molecule has 0 amide bonds. The molecular weight excluding hydrogens is 290 g/mol. The summed E-state index contributed by atoms with van der Waals surface area (Å²) in [6.07, 6.45) is 4.29. The third kappa shape index (κ3) is 3.45. The molecule has 0 aliphatic carbocycles. The molecule has 5 heteroatoms. The van der Waals surface area contributed by atoms with Gasteiger partial charge in [0, 0.05) is 31.4 Å². The number of rotatable bonds is 4. The van der Waals surface area contributed by atoms with Gasteiger partial charge in [0.1, 0.15) is 0 Å². The van der Waals surface area contributed by atoms with E-state index >= 15 is 0 Å². The summed E-state index contributed by atoms with van der Waals surface area (Å²) in [5, 5.41) is 13.3. The fraction of sp³-hybridized carbons (Fsp3) is 0.444. The molecule has 1 fully saturated rings. The number of likely N-dealkylation sites (tertiary alicyclic amines) is 1. The van der Waals surface area contributed by atoms with Crippen molar-refractivity contribution >= 4 is 5.97 Å². The molecule has 5 nitrogen and oxygen atoms in total. The Bertz CT molecular complexity index is 691. The predicted octanol–water partition coefficient (Wildman–Crippen LogP) is 2.81. The Morgan fingerprint density at radius 1 is 1.35 bits per heavy atom. The van der Waals surface area contributed by atoms with Crippen LogP contribution in [0.15, 0.2) is 30.5 Å². The number of aromatic carboxylic acids is 1. The smallest absolute Gasteiger partial charge is 0.335 e. The molecule has 1 aromatic carbocycles. The van der Waals surface area contributed by atoms with Crippen molar-refractivity contribution in [3.8, 4) is 0 Å². The van der Waals surface area contributed by atoms with E-state index in [1.165, 1.54) is 23.2 Å². The van der Waals surface area contributed by atoms with Crippen LogP contribution in [0.4, 0.5) is 0 Å². The molecule has 0 radical (unpaired) electrons. The number of nitrogens with zero attached hydrogens (tertiary/aromatic N) is 3.